The van der Waals surface area contributed by atoms with E-state index in [4.69, 9.17) is 4.74 Å². The highest BCUT2D eigenvalue weighted by Gasteiger charge is 2.12. The van der Waals surface area contributed by atoms with E-state index in [0.29, 0.717) is 6.73 Å². The number of aryl methyl sites for hydroxylation is 1. The van der Waals surface area contributed by atoms with Crippen molar-refractivity contribution < 1.29 is 4.74 Å². The molecule has 90 valence electrons. The van der Waals surface area contributed by atoms with Crippen molar-refractivity contribution in [2.45, 2.75) is 6.92 Å². The SMILES string of the molecule is COCN(C)c1sc(-c2cccnc2)nc1C. The number of ether oxygens (including phenoxy) is 1. The number of hydrogen-bond acceptors (Lipinski definition) is 5. The minimum absolute atomic E-state index is 0.565. The molecule has 2 aromatic rings. The minimum Gasteiger partial charge on any atom is -0.364 e. The number of aromatic nitrogens is 2. The predicted molar refractivity (Wildman–Crippen MR) is 70.4 cm³/mol. The van der Waals surface area contributed by atoms with Gasteiger partial charge in [-0.05, 0) is 19.1 Å². The fourth-order valence-corrected chi connectivity index (χ4v) is 2.61. The summed E-state index contributed by atoms with van der Waals surface area (Å²) in [5, 5.41) is 2.12. The predicted octanol–water partition coefficient (Wildman–Crippen LogP) is 2.55. The van der Waals surface area contributed by atoms with Crippen LogP contribution in [-0.4, -0.2) is 30.9 Å². The van der Waals surface area contributed by atoms with E-state index in [9.17, 15) is 0 Å². The molecule has 0 saturated carbocycles. The number of rotatable bonds is 4. The normalized spacial score (nSPS) is 10.5. The standard InChI is InChI=1S/C12H15N3OS/c1-9-12(15(2)8-16-3)17-11(14-9)10-5-4-6-13-7-10/h4-7H,8H2,1-3H3. The summed E-state index contributed by atoms with van der Waals surface area (Å²) >= 11 is 1.66. The van der Waals surface area contributed by atoms with Crippen molar-refractivity contribution in [3.05, 3.63) is 30.2 Å². The van der Waals surface area contributed by atoms with E-state index < -0.39 is 0 Å². The third kappa shape index (κ3) is 2.62. The van der Waals surface area contributed by atoms with Gasteiger partial charge in [0.1, 0.15) is 16.7 Å². The molecule has 0 fully saturated rings. The maximum absolute atomic E-state index is 5.12. The first-order chi connectivity index (χ1) is 8.22. The van der Waals surface area contributed by atoms with Crippen LogP contribution in [0.2, 0.25) is 0 Å². The van der Waals surface area contributed by atoms with Gasteiger partial charge in [0.05, 0.1) is 5.69 Å². The molecule has 0 radical (unpaired) electrons. The van der Waals surface area contributed by atoms with E-state index in [1.807, 2.05) is 37.2 Å². The van der Waals surface area contributed by atoms with Crippen LogP contribution in [-0.2, 0) is 4.74 Å². The molecule has 17 heavy (non-hydrogen) atoms. The van der Waals surface area contributed by atoms with Gasteiger partial charge in [-0.3, -0.25) is 4.98 Å². The molecule has 0 spiro atoms. The summed E-state index contributed by atoms with van der Waals surface area (Å²) < 4.78 is 5.12. The summed E-state index contributed by atoms with van der Waals surface area (Å²) in [6.45, 7) is 2.58. The molecule has 0 unspecified atom stereocenters. The Bertz CT molecular complexity index is 484. The number of thiazole rings is 1. The molecule has 0 N–H and O–H groups in total. The first-order valence-corrected chi connectivity index (χ1v) is 6.12. The Balaban J connectivity index is 2.31. The van der Waals surface area contributed by atoms with E-state index in [1.54, 1.807) is 24.6 Å². The van der Waals surface area contributed by atoms with E-state index in [1.165, 1.54) is 0 Å². The Morgan fingerprint density at radius 1 is 1.47 bits per heavy atom. The Kier molecular flexibility index (Phi) is 3.71. The highest BCUT2D eigenvalue weighted by atomic mass is 32.1. The Hall–Kier alpha value is -1.46. The van der Waals surface area contributed by atoms with Crippen LogP contribution in [0.4, 0.5) is 5.00 Å². The third-order valence-electron chi connectivity index (χ3n) is 2.35. The van der Waals surface area contributed by atoms with E-state index in [2.05, 4.69) is 9.97 Å². The second-order valence-electron chi connectivity index (χ2n) is 3.77. The Morgan fingerprint density at radius 3 is 2.94 bits per heavy atom. The molecule has 0 aliphatic heterocycles. The molecule has 0 amide bonds. The zero-order valence-corrected chi connectivity index (χ0v) is 11.0. The van der Waals surface area contributed by atoms with Gasteiger partial charge in [-0.25, -0.2) is 4.98 Å². The van der Waals surface area contributed by atoms with Gasteiger partial charge in [0.2, 0.25) is 0 Å². The third-order valence-corrected chi connectivity index (χ3v) is 3.67. The second kappa shape index (κ2) is 5.25. The topological polar surface area (TPSA) is 38.2 Å². The van der Waals surface area contributed by atoms with Crippen LogP contribution in [0.15, 0.2) is 24.5 Å². The summed E-state index contributed by atoms with van der Waals surface area (Å²) in [5.74, 6) is 0. The van der Waals surface area contributed by atoms with Gasteiger partial charge < -0.3 is 9.64 Å². The fourth-order valence-electron chi connectivity index (χ4n) is 1.61. The van der Waals surface area contributed by atoms with Crippen molar-refractivity contribution in [3.63, 3.8) is 0 Å². The summed E-state index contributed by atoms with van der Waals surface area (Å²) in [6.07, 6.45) is 3.60. The van der Waals surface area contributed by atoms with Gasteiger partial charge in [-0.2, -0.15) is 0 Å². The molecule has 2 aromatic heterocycles. The van der Waals surface area contributed by atoms with Crippen molar-refractivity contribution in [2.75, 3.05) is 25.8 Å². The van der Waals surface area contributed by atoms with Crippen molar-refractivity contribution in [1.82, 2.24) is 9.97 Å². The van der Waals surface area contributed by atoms with E-state index >= 15 is 0 Å². The number of anilines is 1. The van der Waals surface area contributed by atoms with Gasteiger partial charge in [0.15, 0.2) is 0 Å². The number of methoxy groups -OCH3 is 1. The smallest absolute Gasteiger partial charge is 0.127 e. The zero-order valence-electron chi connectivity index (χ0n) is 10.2. The average Bonchev–Trinajstić information content (AvgIpc) is 2.73. The maximum atomic E-state index is 5.12. The van der Waals surface area contributed by atoms with Crippen molar-refractivity contribution in [1.29, 1.82) is 0 Å². The molecule has 0 atom stereocenters. The number of hydrogen-bond donors (Lipinski definition) is 0. The maximum Gasteiger partial charge on any atom is 0.127 e. The fraction of sp³-hybridized carbons (Fsp3) is 0.333. The lowest BCUT2D eigenvalue weighted by atomic mass is 10.3. The number of nitrogens with zero attached hydrogens (tertiary/aromatic N) is 3. The molecule has 5 heteroatoms. The van der Waals surface area contributed by atoms with Gasteiger partial charge in [-0.1, -0.05) is 11.3 Å². The van der Waals surface area contributed by atoms with Crippen LogP contribution < -0.4 is 4.90 Å². The van der Waals surface area contributed by atoms with Crippen LogP contribution in [0.25, 0.3) is 10.6 Å². The van der Waals surface area contributed by atoms with Gasteiger partial charge in [-0.15, -0.1) is 0 Å². The highest BCUT2D eigenvalue weighted by molar-refractivity contribution is 7.19. The molecule has 2 rings (SSSR count). The van der Waals surface area contributed by atoms with Crippen LogP contribution in [0, 0.1) is 6.92 Å². The largest absolute Gasteiger partial charge is 0.364 e. The lowest BCUT2D eigenvalue weighted by molar-refractivity contribution is 0.202. The molecule has 2 heterocycles. The summed E-state index contributed by atoms with van der Waals surface area (Å²) in [6, 6.07) is 3.94. The molecular weight excluding hydrogens is 234 g/mol. The van der Waals surface area contributed by atoms with Gasteiger partial charge in [0, 0.05) is 32.1 Å². The van der Waals surface area contributed by atoms with E-state index in [0.717, 1.165) is 21.3 Å². The lowest BCUT2D eigenvalue weighted by Gasteiger charge is -2.15. The summed E-state index contributed by atoms with van der Waals surface area (Å²) in [5.41, 5.74) is 2.08. The van der Waals surface area contributed by atoms with Crippen LogP contribution in [0.3, 0.4) is 0 Å². The molecule has 0 aliphatic rings. The average molecular weight is 249 g/mol. The van der Waals surface area contributed by atoms with Crippen molar-refractivity contribution in [3.8, 4) is 10.6 Å². The lowest BCUT2D eigenvalue weighted by Crippen LogP contribution is -2.19. The Labute approximate surface area is 105 Å². The first kappa shape index (κ1) is 12.0. The first-order valence-electron chi connectivity index (χ1n) is 5.30. The highest BCUT2D eigenvalue weighted by Crippen LogP contribution is 2.33. The molecule has 4 nitrogen and oxygen atoms in total. The molecule has 0 aromatic carbocycles. The van der Waals surface area contributed by atoms with Crippen molar-refractivity contribution in [2.24, 2.45) is 0 Å². The minimum atomic E-state index is 0.565. The summed E-state index contributed by atoms with van der Waals surface area (Å²) in [7, 11) is 3.69. The Morgan fingerprint density at radius 2 is 2.29 bits per heavy atom. The molecule has 0 aliphatic carbocycles. The van der Waals surface area contributed by atoms with Crippen LogP contribution in [0.5, 0.6) is 0 Å². The van der Waals surface area contributed by atoms with E-state index in [-0.39, 0.29) is 0 Å². The van der Waals surface area contributed by atoms with Crippen LogP contribution >= 0.6 is 11.3 Å². The molecule has 0 saturated heterocycles. The quantitative estimate of drug-likeness (QED) is 0.781. The molecular formula is C12H15N3OS. The summed E-state index contributed by atoms with van der Waals surface area (Å²) in [4.78, 5) is 10.7. The van der Waals surface area contributed by atoms with Gasteiger partial charge >= 0.3 is 0 Å². The van der Waals surface area contributed by atoms with Crippen molar-refractivity contribution >= 4 is 16.3 Å². The monoisotopic (exact) mass is 249 g/mol. The van der Waals surface area contributed by atoms with Gasteiger partial charge in [0.25, 0.3) is 0 Å². The van der Waals surface area contributed by atoms with Crippen LogP contribution in [0.1, 0.15) is 5.69 Å². The number of pyridine rings is 1. The molecule has 0 bridgehead atoms. The second-order valence-corrected chi connectivity index (χ2v) is 4.74. The zero-order chi connectivity index (χ0) is 12.3.